The van der Waals surface area contributed by atoms with Crippen LogP contribution in [0.15, 0.2) is 23.2 Å². The molecule has 0 saturated carbocycles. The molecule has 0 amide bonds. The predicted octanol–water partition coefficient (Wildman–Crippen LogP) is 1.42. The molecule has 0 aliphatic carbocycles. The van der Waals surface area contributed by atoms with Gasteiger partial charge in [-0.25, -0.2) is 12.8 Å². The lowest BCUT2D eigenvalue weighted by molar-refractivity contribution is 0.157. The number of guanidine groups is 1. The molecule has 146 valence electrons. The third-order valence-electron chi connectivity index (χ3n) is 4.30. The molecule has 1 saturated heterocycles. The summed E-state index contributed by atoms with van der Waals surface area (Å²) in [6, 6.07) is 4.26. The molecule has 1 aliphatic rings. The van der Waals surface area contributed by atoms with Crippen LogP contribution >= 0.6 is 0 Å². The van der Waals surface area contributed by atoms with Gasteiger partial charge < -0.3 is 15.0 Å². The molecule has 0 spiro atoms. The number of nitrogens with zero attached hydrogens (tertiary/aromatic N) is 2. The zero-order valence-corrected chi connectivity index (χ0v) is 16.3. The fraction of sp³-hybridized carbons (Fsp3) is 0.588. The molecule has 9 heteroatoms. The van der Waals surface area contributed by atoms with Crippen LogP contribution in [0.25, 0.3) is 0 Å². The fourth-order valence-corrected chi connectivity index (χ4v) is 3.87. The van der Waals surface area contributed by atoms with Crippen LogP contribution < -0.4 is 10.0 Å². The minimum Gasteiger partial charge on any atom is -0.384 e. The average Bonchev–Trinajstić information content (AvgIpc) is 3.03. The largest absolute Gasteiger partial charge is 0.384 e. The van der Waals surface area contributed by atoms with Crippen LogP contribution in [-0.2, 0) is 14.8 Å². The van der Waals surface area contributed by atoms with Gasteiger partial charge in [-0.05, 0) is 31.0 Å². The fourth-order valence-electron chi connectivity index (χ4n) is 2.91. The number of anilines is 1. The number of benzene rings is 1. The van der Waals surface area contributed by atoms with Gasteiger partial charge in [0.15, 0.2) is 5.96 Å². The first-order chi connectivity index (χ1) is 12.3. The van der Waals surface area contributed by atoms with Gasteiger partial charge >= 0.3 is 0 Å². The Balaban J connectivity index is 1.84. The van der Waals surface area contributed by atoms with Crippen LogP contribution in [0.2, 0.25) is 0 Å². The van der Waals surface area contributed by atoms with Crippen molar-refractivity contribution in [2.75, 3.05) is 50.9 Å². The molecule has 2 N–H and O–H groups in total. The van der Waals surface area contributed by atoms with E-state index < -0.39 is 15.8 Å². The number of aliphatic imine (C=N–C) groups is 1. The number of hydrogen-bond donors (Lipinski definition) is 2. The maximum atomic E-state index is 13.5. The van der Waals surface area contributed by atoms with E-state index in [1.807, 2.05) is 0 Å². The summed E-state index contributed by atoms with van der Waals surface area (Å²) in [7, 11) is -0.221. The van der Waals surface area contributed by atoms with Gasteiger partial charge in [-0.2, -0.15) is 0 Å². The maximum Gasteiger partial charge on any atom is 0.234 e. The van der Waals surface area contributed by atoms with Crippen molar-refractivity contribution in [3.8, 4) is 0 Å². The van der Waals surface area contributed by atoms with Crippen molar-refractivity contribution in [3.05, 3.63) is 29.6 Å². The number of nitrogens with one attached hydrogen (secondary N) is 2. The van der Waals surface area contributed by atoms with Crippen molar-refractivity contribution in [2.24, 2.45) is 10.9 Å². The first-order valence-electron chi connectivity index (χ1n) is 8.56. The Morgan fingerprint density at radius 1 is 1.46 bits per heavy atom. The molecule has 1 unspecified atom stereocenters. The number of ether oxygens (including phenoxy) is 1. The van der Waals surface area contributed by atoms with E-state index in [2.05, 4.69) is 19.9 Å². The molecule has 1 heterocycles. The summed E-state index contributed by atoms with van der Waals surface area (Å²) in [6.45, 7) is 4.24. The van der Waals surface area contributed by atoms with Crippen molar-refractivity contribution in [1.82, 2.24) is 10.2 Å². The van der Waals surface area contributed by atoms with Gasteiger partial charge in [0.1, 0.15) is 5.82 Å². The van der Waals surface area contributed by atoms with Crippen molar-refractivity contribution >= 4 is 21.7 Å². The second kappa shape index (κ2) is 9.18. The third-order valence-corrected chi connectivity index (χ3v) is 5.59. The average molecular weight is 386 g/mol. The Morgan fingerprint density at radius 2 is 2.23 bits per heavy atom. The SMILES string of the molecule is CN=C(NCCS(=O)(=O)Nc1ccc(C)c(F)c1)N1CCC(COC)C1. The lowest BCUT2D eigenvalue weighted by Gasteiger charge is -2.21. The van der Waals surface area contributed by atoms with Crippen molar-refractivity contribution in [3.63, 3.8) is 0 Å². The molecule has 2 rings (SSSR count). The highest BCUT2D eigenvalue weighted by Gasteiger charge is 2.24. The molecule has 7 nitrogen and oxygen atoms in total. The minimum absolute atomic E-state index is 0.142. The quantitative estimate of drug-likeness (QED) is 0.547. The normalized spacial score (nSPS) is 18.2. The minimum atomic E-state index is -3.58. The summed E-state index contributed by atoms with van der Waals surface area (Å²) in [5, 5.41) is 3.08. The first-order valence-corrected chi connectivity index (χ1v) is 10.2. The van der Waals surface area contributed by atoms with Crippen LogP contribution in [0.3, 0.4) is 0 Å². The third kappa shape index (κ3) is 5.84. The summed E-state index contributed by atoms with van der Waals surface area (Å²) < 4.78 is 45.5. The van der Waals surface area contributed by atoms with E-state index in [-0.39, 0.29) is 18.0 Å². The first kappa shape index (κ1) is 20.4. The van der Waals surface area contributed by atoms with Crippen LogP contribution in [0.1, 0.15) is 12.0 Å². The van der Waals surface area contributed by atoms with E-state index in [1.165, 1.54) is 12.1 Å². The Kier molecular flexibility index (Phi) is 7.22. The summed E-state index contributed by atoms with van der Waals surface area (Å²) >= 11 is 0. The monoisotopic (exact) mass is 386 g/mol. The highest BCUT2D eigenvalue weighted by Crippen LogP contribution is 2.17. The molecule has 0 bridgehead atoms. The molecular formula is C17H27FN4O3S. The van der Waals surface area contributed by atoms with Crippen LogP contribution in [-0.4, -0.2) is 65.4 Å². The molecule has 1 fully saturated rings. The van der Waals surface area contributed by atoms with Crippen LogP contribution in [0.4, 0.5) is 10.1 Å². The Morgan fingerprint density at radius 3 is 2.88 bits per heavy atom. The van der Waals surface area contributed by atoms with E-state index in [4.69, 9.17) is 4.74 Å². The van der Waals surface area contributed by atoms with Crippen LogP contribution in [0.5, 0.6) is 0 Å². The smallest absolute Gasteiger partial charge is 0.234 e. The number of methoxy groups -OCH3 is 1. The molecule has 1 aliphatic heterocycles. The molecule has 0 radical (unpaired) electrons. The predicted molar refractivity (Wildman–Crippen MR) is 101 cm³/mol. The van der Waals surface area contributed by atoms with Crippen LogP contribution in [0, 0.1) is 18.7 Å². The van der Waals surface area contributed by atoms with Gasteiger partial charge in [-0.3, -0.25) is 9.71 Å². The van der Waals surface area contributed by atoms with Gasteiger partial charge in [0.2, 0.25) is 10.0 Å². The number of rotatable bonds is 7. The zero-order chi connectivity index (χ0) is 19.2. The summed E-state index contributed by atoms with van der Waals surface area (Å²) in [5.41, 5.74) is 0.690. The highest BCUT2D eigenvalue weighted by molar-refractivity contribution is 7.92. The van der Waals surface area contributed by atoms with Crippen molar-refractivity contribution < 1.29 is 17.5 Å². The Labute approximate surface area is 154 Å². The van der Waals surface area contributed by atoms with Gasteiger partial charge in [0.25, 0.3) is 0 Å². The highest BCUT2D eigenvalue weighted by atomic mass is 32.2. The second-order valence-corrected chi connectivity index (χ2v) is 8.26. The maximum absolute atomic E-state index is 13.5. The summed E-state index contributed by atoms with van der Waals surface area (Å²) in [4.78, 5) is 6.31. The number of sulfonamides is 1. The van der Waals surface area contributed by atoms with E-state index in [9.17, 15) is 12.8 Å². The molecule has 1 atom stereocenters. The number of aryl methyl sites for hydroxylation is 1. The van der Waals surface area contributed by atoms with Gasteiger partial charge in [0, 0.05) is 39.7 Å². The van der Waals surface area contributed by atoms with Gasteiger partial charge in [-0.15, -0.1) is 0 Å². The molecular weight excluding hydrogens is 359 g/mol. The summed E-state index contributed by atoms with van der Waals surface area (Å²) in [5.74, 6) is 0.556. The second-order valence-electron chi connectivity index (χ2n) is 6.41. The van der Waals surface area contributed by atoms with E-state index in [0.717, 1.165) is 19.5 Å². The van der Waals surface area contributed by atoms with E-state index >= 15 is 0 Å². The Bertz CT molecular complexity index is 740. The zero-order valence-electron chi connectivity index (χ0n) is 15.5. The Hall–Kier alpha value is -1.87. The lowest BCUT2D eigenvalue weighted by Crippen LogP contribution is -2.42. The van der Waals surface area contributed by atoms with Gasteiger partial charge in [-0.1, -0.05) is 6.07 Å². The standard InChI is InChI=1S/C17H27FN4O3S/c1-13-4-5-15(10-16(13)18)21-26(23,24)9-7-20-17(19-2)22-8-6-14(11-22)12-25-3/h4-5,10,14,21H,6-9,11-12H2,1-3H3,(H,19,20). The van der Waals surface area contributed by atoms with Crippen molar-refractivity contribution in [2.45, 2.75) is 13.3 Å². The number of hydrogen-bond acceptors (Lipinski definition) is 4. The molecule has 1 aromatic carbocycles. The van der Waals surface area contributed by atoms with E-state index in [1.54, 1.807) is 27.1 Å². The lowest BCUT2D eigenvalue weighted by atomic mass is 10.1. The molecule has 1 aromatic rings. The van der Waals surface area contributed by atoms with E-state index in [0.29, 0.717) is 24.0 Å². The topological polar surface area (TPSA) is 83.0 Å². The summed E-state index contributed by atoms with van der Waals surface area (Å²) in [6.07, 6.45) is 1.02. The number of halogens is 1. The molecule has 26 heavy (non-hydrogen) atoms. The molecule has 0 aromatic heterocycles. The number of likely N-dealkylation sites (tertiary alicyclic amines) is 1. The van der Waals surface area contributed by atoms with Crippen molar-refractivity contribution in [1.29, 1.82) is 0 Å². The van der Waals surface area contributed by atoms with Gasteiger partial charge in [0.05, 0.1) is 18.0 Å².